The van der Waals surface area contributed by atoms with Crippen LogP contribution in [0.2, 0.25) is 0 Å². The van der Waals surface area contributed by atoms with E-state index >= 15 is 0 Å². The lowest BCUT2D eigenvalue weighted by molar-refractivity contribution is -0.118. The highest BCUT2D eigenvalue weighted by atomic mass is 32.2. The topological polar surface area (TPSA) is 72.2 Å². The van der Waals surface area contributed by atoms with Gasteiger partial charge >= 0.3 is 0 Å². The van der Waals surface area contributed by atoms with Crippen LogP contribution in [0.25, 0.3) is 27.8 Å². The summed E-state index contributed by atoms with van der Waals surface area (Å²) >= 11 is 1.33. The lowest BCUT2D eigenvalue weighted by Gasteiger charge is -2.19. The second kappa shape index (κ2) is 11.5. The van der Waals surface area contributed by atoms with Gasteiger partial charge in [0, 0.05) is 11.3 Å². The molecule has 1 aromatic heterocycles. The molecule has 202 valence electrons. The molecule has 0 atom stereocenters. The van der Waals surface area contributed by atoms with Crippen molar-refractivity contribution >= 4 is 34.2 Å². The number of carbonyl (C=O) groups excluding carboxylic acids is 1. The summed E-state index contributed by atoms with van der Waals surface area (Å²) in [5, 5.41) is 16.3. The summed E-state index contributed by atoms with van der Waals surface area (Å²) in [6, 6.07) is 31.0. The van der Waals surface area contributed by atoms with Gasteiger partial charge in [-0.25, -0.2) is 5.43 Å². The standard InChI is InChI=1S/C33H33N5OS/c1-22-10-18-29(19-11-22)38-31(25-14-16-28(17-15-25)33(3,4)5)36-37-32(38)40-21-30(39)35-34-23(2)26-13-12-24-8-6-7-9-27(24)20-26/h6-20H,21H2,1-5H3,(H,35,39). The summed E-state index contributed by atoms with van der Waals surface area (Å²) < 4.78 is 2.01. The van der Waals surface area contributed by atoms with E-state index in [2.05, 4.69) is 109 Å². The van der Waals surface area contributed by atoms with E-state index < -0.39 is 0 Å². The van der Waals surface area contributed by atoms with Crippen LogP contribution in [0.1, 0.15) is 44.4 Å². The molecule has 0 spiro atoms. The van der Waals surface area contributed by atoms with Crippen molar-refractivity contribution in [3.05, 3.63) is 108 Å². The van der Waals surface area contributed by atoms with E-state index in [0.717, 1.165) is 33.7 Å². The second-order valence-electron chi connectivity index (χ2n) is 10.9. The van der Waals surface area contributed by atoms with E-state index in [9.17, 15) is 4.79 Å². The van der Waals surface area contributed by atoms with Crippen molar-refractivity contribution in [2.24, 2.45) is 5.10 Å². The lowest BCUT2D eigenvalue weighted by Crippen LogP contribution is -2.21. The monoisotopic (exact) mass is 547 g/mol. The molecule has 0 unspecified atom stereocenters. The van der Waals surface area contributed by atoms with Crippen LogP contribution in [0.5, 0.6) is 0 Å². The van der Waals surface area contributed by atoms with E-state index in [0.29, 0.717) is 5.16 Å². The minimum Gasteiger partial charge on any atom is -0.272 e. The predicted molar refractivity (Wildman–Crippen MR) is 165 cm³/mol. The zero-order chi connectivity index (χ0) is 28.3. The number of aryl methyl sites for hydroxylation is 1. The van der Waals surface area contributed by atoms with Crippen LogP contribution in [0.3, 0.4) is 0 Å². The van der Waals surface area contributed by atoms with E-state index in [1.807, 2.05) is 41.8 Å². The molecule has 0 aliphatic heterocycles. The normalized spacial score (nSPS) is 12.1. The minimum atomic E-state index is -0.209. The van der Waals surface area contributed by atoms with Crippen molar-refractivity contribution in [1.82, 2.24) is 20.2 Å². The molecule has 0 fully saturated rings. The highest BCUT2D eigenvalue weighted by molar-refractivity contribution is 7.99. The minimum absolute atomic E-state index is 0.0622. The molecule has 40 heavy (non-hydrogen) atoms. The van der Waals surface area contributed by atoms with Crippen LogP contribution in [0, 0.1) is 6.92 Å². The van der Waals surface area contributed by atoms with Gasteiger partial charge in [0.1, 0.15) is 0 Å². The maximum absolute atomic E-state index is 12.8. The van der Waals surface area contributed by atoms with Gasteiger partial charge in [-0.2, -0.15) is 5.10 Å². The number of fused-ring (bicyclic) bond motifs is 1. The molecule has 0 radical (unpaired) electrons. The van der Waals surface area contributed by atoms with Gasteiger partial charge in [0.15, 0.2) is 11.0 Å². The maximum Gasteiger partial charge on any atom is 0.250 e. The first kappa shape index (κ1) is 27.3. The van der Waals surface area contributed by atoms with Gasteiger partial charge < -0.3 is 0 Å². The summed E-state index contributed by atoms with van der Waals surface area (Å²) in [5.74, 6) is 0.679. The van der Waals surface area contributed by atoms with Gasteiger partial charge in [0.2, 0.25) is 0 Å². The number of hydrogen-bond acceptors (Lipinski definition) is 5. The molecule has 5 rings (SSSR count). The molecule has 0 aliphatic carbocycles. The van der Waals surface area contributed by atoms with Gasteiger partial charge in [0.05, 0.1) is 11.5 Å². The number of hydrogen-bond donors (Lipinski definition) is 1. The first-order valence-electron chi connectivity index (χ1n) is 13.3. The zero-order valence-electron chi connectivity index (χ0n) is 23.5. The first-order valence-corrected chi connectivity index (χ1v) is 14.3. The number of nitrogens with one attached hydrogen (secondary N) is 1. The van der Waals surface area contributed by atoms with E-state index in [1.165, 1.54) is 28.3 Å². The second-order valence-corrected chi connectivity index (χ2v) is 11.8. The Morgan fingerprint density at radius 2 is 1.60 bits per heavy atom. The number of rotatable bonds is 7. The lowest BCUT2D eigenvalue weighted by atomic mass is 9.87. The van der Waals surface area contributed by atoms with Crippen LogP contribution in [-0.4, -0.2) is 32.1 Å². The van der Waals surface area contributed by atoms with Crippen molar-refractivity contribution in [2.75, 3.05) is 5.75 Å². The van der Waals surface area contributed by atoms with Gasteiger partial charge in [-0.05, 0) is 59.4 Å². The Bertz CT molecular complexity index is 1680. The fraction of sp³-hybridized carbons (Fsp3) is 0.212. The van der Waals surface area contributed by atoms with Crippen LogP contribution in [-0.2, 0) is 10.2 Å². The van der Waals surface area contributed by atoms with Crippen LogP contribution in [0.4, 0.5) is 0 Å². The van der Waals surface area contributed by atoms with Crippen LogP contribution >= 0.6 is 11.8 Å². The van der Waals surface area contributed by atoms with E-state index in [1.54, 1.807) is 0 Å². The number of aromatic nitrogens is 3. The Morgan fingerprint density at radius 1 is 0.900 bits per heavy atom. The Balaban J connectivity index is 1.34. The number of thioether (sulfide) groups is 1. The Morgan fingerprint density at radius 3 is 2.30 bits per heavy atom. The Labute approximate surface area is 239 Å². The molecule has 5 aromatic rings. The molecule has 7 heteroatoms. The summed E-state index contributed by atoms with van der Waals surface area (Å²) in [5.41, 5.74) is 8.80. The van der Waals surface area contributed by atoms with Gasteiger partial charge in [-0.15, -0.1) is 10.2 Å². The number of amides is 1. The van der Waals surface area contributed by atoms with Crippen LogP contribution < -0.4 is 5.43 Å². The zero-order valence-corrected chi connectivity index (χ0v) is 24.3. The fourth-order valence-electron chi connectivity index (χ4n) is 4.38. The van der Waals surface area contributed by atoms with E-state index in [4.69, 9.17) is 0 Å². The fourth-order valence-corrected chi connectivity index (χ4v) is 5.13. The quantitative estimate of drug-likeness (QED) is 0.132. The molecule has 1 heterocycles. The predicted octanol–water partition coefficient (Wildman–Crippen LogP) is 7.33. The van der Waals surface area contributed by atoms with E-state index in [-0.39, 0.29) is 17.1 Å². The van der Waals surface area contributed by atoms with Gasteiger partial charge in [0.25, 0.3) is 5.91 Å². The third-order valence-corrected chi connectivity index (χ3v) is 7.71. The molecule has 1 N–H and O–H groups in total. The molecule has 0 aliphatic rings. The third-order valence-electron chi connectivity index (χ3n) is 6.78. The number of benzene rings is 4. The molecule has 0 saturated heterocycles. The first-order chi connectivity index (χ1) is 19.2. The molecular weight excluding hydrogens is 514 g/mol. The van der Waals surface area contributed by atoms with Crippen molar-refractivity contribution in [3.8, 4) is 17.1 Å². The summed E-state index contributed by atoms with van der Waals surface area (Å²) in [4.78, 5) is 12.8. The Kier molecular flexibility index (Phi) is 7.85. The molecular formula is C33H33N5OS. The number of nitrogens with zero attached hydrogens (tertiary/aromatic N) is 4. The van der Waals surface area contributed by atoms with Gasteiger partial charge in [-0.3, -0.25) is 9.36 Å². The number of hydrazone groups is 1. The van der Waals surface area contributed by atoms with Gasteiger partial charge in [-0.1, -0.05) is 111 Å². The third kappa shape index (κ3) is 6.15. The molecule has 4 aromatic carbocycles. The van der Waals surface area contributed by atoms with Crippen molar-refractivity contribution in [3.63, 3.8) is 0 Å². The highest BCUT2D eigenvalue weighted by Gasteiger charge is 2.19. The highest BCUT2D eigenvalue weighted by Crippen LogP contribution is 2.30. The van der Waals surface area contributed by atoms with Crippen molar-refractivity contribution in [1.29, 1.82) is 0 Å². The summed E-state index contributed by atoms with van der Waals surface area (Å²) in [6.45, 7) is 10.5. The SMILES string of the molecule is CC(=NNC(=O)CSc1nnc(-c2ccc(C(C)(C)C)cc2)n1-c1ccc(C)cc1)c1ccc2ccccc2c1. The summed E-state index contributed by atoms with van der Waals surface area (Å²) in [6.07, 6.45) is 0. The molecule has 0 bridgehead atoms. The maximum atomic E-state index is 12.8. The average molecular weight is 548 g/mol. The van der Waals surface area contributed by atoms with Crippen LogP contribution in [0.15, 0.2) is 101 Å². The van der Waals surface area contributed by atoms with Crippen molar-refractivity contribution in [2.45, 2.75) is 45.2 Å². The largest absolute Gasteiger partial charge is 0.272 e. The summed E-state index contributed by atoms with van der Waals surface area (Å²) in [7, 11) is 0. The average Bonchev–Trinajstić information content (AvgIpc) is 3.38. The van der Waals surface area contributed by atoms with Crippen molar-refractivity contribution < 1.29 is 4.79 Å². The molecule has 6 nitrogen and oxygen atoms in total. The smallest absolute Gasteiger partial charge is 0.250 e. The molecule has 1 amide bonds. The Hall–Kier alpha value is -4.23. The molecule has 0 saturated carbocycles. The number of carbonyl (C=O) groups is 1.